The van der Waals surface area contributed by atoms with E-state index in [2.05, 4.69) is 13.8 Å². The molecule has 0 aliphatic carbocycles. The van der Waals surface area contributed by atoms with Gasteiger partial charge in [0.1, 0.15) is 24.4 Å². The molecule has 0 aromatic carbocycles. The minimum Gasteiger partial charge on any atom is -0.394 e. The lowest BCUT2D eigenvalue weighted by Crippen LogP contribution is -2.50. The lowest BCUT2D eigenvalue weighted by atomic mass is 10.0. The van der Waals surface area contributed by atoms with Crippen LogP contribution in [0.3, 0.4) is 0 Å². The zero-order valence-corrected chi connectivity index (χ0v) is 23.9. The topological polar surface area (TPSA) is 99.4 Å². The van der Waals surface area contributed by atoms with Gasteiger partial charge in [0.05, 0.1) is 13.2 Å². The molecule has 0 heterocycles. The molecule has 4 atom stereocenters. The first-order valence-corrected chi connectivity index (χ1v) is 15.4. The van der Waals surface area contributed by atoms with Gasteiger partial charge in [-0.15, -0.1) is 0 Å². The lowest BCUT2D eigenvalue weighted by Gasteiger charge is -2.32. The molecule has 0 saturated carbocycles. The van der Waals surface area contributed by atoms with Crippen molar-refractivity contribution in [1.82, 2.24) is 0 Å². The first-order chi connectivity index (χ1) is 17.6. The lowest BCUT2D eigenvalue weighted by molar-refractivity contribution is -0.170. The van der Waals surface area contributed by atoms with Crippen molar-refractivity contribution in [2.24, 2.45) is 0 Å². The first-order valence-electron chi connectivity index (χ1n) is 15.4. The van der Waals surface area contributed by atoms with Crippen molar-refractivity contribution in [3.63, 3.8) is 0 Å². The SMILES string of the molecule is CCCCCCCCCCCCO[C@@H]([C@H](OCCCCCCCCCCCC)[C@H](O)CO)[C@H](O)CO. The van der Waals surface area contributed by atoms with Crippen LogP contribution in [-0.2, 0) is 9.47 Å². The molecule has 0 unspecified atom stereocenters. The van der Waals surface area contributed by atoms with E-state index in [1.807, 2.05) is 0 Å². The summed E-state index contributed by atoms with van der Waals surface area (Å²) in [5.41, 5.74) is 0. The smallest absolute Gasteiger partial charge is 0.114 e. The van der Waals surface area contributed by atoms with Crippen LogP contribution < -0.4 is 0 Å². The zero-order chi connectivity index (χ0) is 26.7. The number of hydrogen-bond donors (Lipinski definition) is 4. The average Bonchev–Trinajstić information content (AvgIpc) is 2.90. The molecule has 0 amide bonds. The molecule has 6 heteroatoms. The third kappa shape index (κ3) is 20.8. The molecular weight excluding hydrogens is 456 g/mol. The quantitative estimate of drug-likeness (QED) is 0.0867. The fourth-order valence-electron chi connectivity index (χ4n) is 4.68. The highest BCUT2D eigenvalue weighted by atomic mass is 16.6. The van der Waals surface area contributed by atoms with Gasteiger partial charge >= 0.3 is 0 Å². The maximum Gasteiger partial charge on any atom is 0.114 e. The van der Waals surface area contributed by atoms with Crippen LogP contribution in [0.25, 0.3) is 0 Å². The van der Waals surface area contributed by atoms with E-state index in [1.54, 1.807) is 0 Å². The van der Waals surface area contributed by atoms with Gasteiger partial charge in [-0.25, -0.2) is 0 Å². The highest BCUT2D eigenvalue weighted by molar-refractivity contribution is 4.84. The van der Waals surface area contributed by atoms with Crippen molar-refractivity contribution in [3.8, 4) is 0 Å². The number of aliphatic hydroxyl groups excluding tert-OH is 4. The number of unbranched alkanes of at least 4 members (excludes halogenated alkanes) is 18. The monoisotopic (exact) mass is 518 g/mol. The third-order valence-electron chi connectivity index (χ3n) is 7.07. The summed E-state index contributed by atoms with van der Waals surface area (Å²) in [7, 11) is 0. The van der Waals surface area contributed by atoms with Gasteiger partial charge in [0.25, 0.3) is 0 Å². The minimum absolute atomic E-state index is 0.439. The summed E-state index contributed by atoms with van der Waals surface area (Å²) >= 11 is 0. The van der Waals surface area contributed by atoms with Crippen LogP contribution >= 0.6 is 0 Å². The Morgan fingerprint density at radius 1 is 0.417 bits per heavy atom. The van der Waals surface area contributed by atoms with Crippen molar-refractivity contribution in [2.75, 3.05) is 26.4 Å². The molecule has 0 aromatic heterocycles. The van der Waals surface area contributed by atoms with Gasteiger partial charge in [-0.3, -0.25) is 0 Å². The Bertz CT molecular complexity index is 384. The van der Waals surface area contributed by atoms with E-state index in [-0.39, 0.29) is 0 Å². The van der Waals surface area contributed by atoms with E-state index >= 15 is 0 Å². The van der Waals surface area contributed by atoms with Gasteiger partial charge in [-0.2, -0.15) is 0 Å². The van der Waals surface area contributed by atoms with Crippen LogP contribution in [0.5, 0.6) is 0 Å². The van der Waals surface area contributed by atoms with Crippen LogP contribution in [0, 0.1) is 0 Å². The second-order valence-corrected chi connectivity index (χ2v) is 10.5. The number of hydrogen-bond acceptors (Lipinski definition) is 6. The maximum atomic E-state index is 10.3. The van der Waals surface area contributed by atoms with E-state index in [0.717, 1.165) is 25.7 Å². The van der Waals surface area contributed by atoms with Gasteiger partial charge in [0.2, 0.25) is 0 Å². The molecule has 4 N–H and O–H groups in total. The predicted molar refractivity (Wildman–Crippen MR) is 149 cm³/mol. The van der Waals surface area contributed by atoms with Crippen molar-refractivity contribution in [1.29, 1.82) is 0 Å². The summed E-state index contributed by atoms with van der Waals surface area (Å²) in [6, 6.07) is 0. The van der Waals surface area contributed by atoms with Crippen molar-refractivity contribution in [3.05, 3.63) is 0 Å². The summed E-state index contributed by atoms with van der Waals surface area (Å²) < 4.78 is 11.8. The van der Waals surface area contributed by atoms with Crippen molar-refractivity contribution in [2.45, 2.75) is 167 Å². The van der Waals surface area contributed by atoms with Crippen LogP contribution in [0.1, 0.15) is 142 Å². The number of ether oxygens (including phenoxy) is 2. The average molecular weight is 519 g/mol. The van der Waals surface area contributed by atoms with Crippen LogP contribution in [-0.4, -0.2) is 71.3 Å². The molecule has 0 rings (SSSR count). The fraction of sp³-hybridized carbons (Fsp3) is 1.00. The molecule has 6 nitrogen and oxygen atoms in total. The molecule has 0 saturated heterocycles. The van der Waals surface area contributed by atoms with Gasteiger partial charge < -0.3 is 29.9 Å². The van der Waals surface area contributed by atoms with E-state index in [9.17, 15) is 20.4 Å². The summed E-state index contributed by atoms with van der Waals surface area (Å²) in [6.45, 7) is 4.41. The number of rotatable bonds is 29. The maximum absolute atomic E-state index is 10.3. The Hall–Kier alpha value is -0.240. The highest BCUT2D eigenvalue weighted by Gasteiger charge is 2.34. The summed E-state index contributed by atoms with van der Waals surface area (Å²) in [4.78, 5) is 0. The van der Waals surface area contributed by atoms with Gasteiger partial charge in [-0.1, -0.05) is 129 Å². The minimum atomic E-state index is -1.16. The predicted octanol–water partition coefficient (Wildman–Crippen LogP) is 6.31. The van der Waals surface area contributed by atoms with Crippen LogP contribution in [0.15, 0.2) is 0 Å². The molecule has 0 aromatic rings. The normalized spacial score (nSPS) is 15.2. The first kappa shape index (κ1) is 35.8. The second-order valence-electron chi connectivity index (χ2n) is 10.5. The highest BCUT2D eigenvalue weighted by Crippen LogP contribution is 2.17. The van der Waals surface area contributed by atoms with Gasteiger partial charge in [-0.05, 0) is 12.8 Å². The van der Waals surface area contributed by atoms with E-state index in [0.29, 0.717) is 13.2 Å². The van der Waals surface area contributed by atoms with Crippen molar-refractivity contribution < 1.29 is 29.9 Å². The van der Waals surface area contributed by atoms with E-state index < -0.39 is 37.6 Å². The van der Waals surface area contributed by atoms with Gasteiger partial charge in [0, 0.05) is 13.2 Å². The van der Waals surface area contributed by atoms with E-state index in [1.165, 1.54) is 103 Å². The molecule has 0 aliphatic heterocycles. The molecule has 36 heavy (non-hydrogen) atoms. The number of aliphatic hydroxyl groups is 4. The Morgan fingerprint density at radius 2 is 0.667 bits per heavy atom. The molecule has 0 radical (unpaired) electrons. The second kappa shape index (κ2) is 27.8. The molecular formula is C30H62O6. The summed E-state index contributed by atoms with van der Waals surface area (Å²) in [6.07, 6.45) is 20.5. The molecule has 0 bridgehead atoms. The Morgan fingerprint density at radius 3 is 0.917 bits per heavy atom. The standard InChI is InChI=1S/C30H62O6/c1-3-5-7-9-11-13-15-17-19-21-23-35-29(27(33)25-31)30(28(34)26-32)36-24-22-20-18-16-14-12-10-8-6-4-2/h27-34H,3-26H2,1-2H3/t27-,28-,29-,30-/m1/s1. The molecule has 0 aliphatic rings. The Kier molecular flexibility index (Phi) is 27.6. The zero-order valence-electron chi connectivity index (χ0n) is 23.9. The van der Waals surface area contributed by atoms with E-state index in [4.69, 9.17) is 9.47 Å². The molecule has 218 valence electrons. The largest absolute Gasteiger partial charge is 0.394 e. The summed E-state index contributed by atoms with van der Waals surface area (Å²) in [5.74, 6) is 0. The van der Waals surface area contributed by atoms with Gasteiger partial charge in [0.15, 0.2) is 0 Å². The van der Waals surface area contributed by atoms with Crippen LogP contribution in [0.2, 0.25) is 0 Å². The molecule has 0 spiro atoms. The molecule has 0 fully saturated rings. The summed E-state index contributed by atoms with van der Waals surface area (Å²) in [5, 5.41) is 39.7. The van der Waals surface area contributed by atoms with Crippen LogP contribution in [0.4, 0.5) is 0 Å². The Balaban J connectivity index is 4.17. The fourth-order valence-corrected chi connectivity index (χ4v) is 4.68. The Labute approximate surface area is 223 Å². The van der Waals surface area contributed by atoms with Crippen molar-refractivity contribution >= 4 is 0 Å². The third-order valence-corrected chi connectivity index (χ3v) is 7.07.